The Balaban J connectivity index is 2.23. The minimum atomic E-state index is -4.78. The van der Waals surface area contributed by atoms with Crippen molar-refractivity contribution in [2.24, 2.45) is 0 Å². The summed E-state index contributed by atoms with van der Waals surface area (Å²) in [5.41, 5.74) is 1.09. The Hall–Kier alpha value is -1.24. The number of phosphoric acid groups is 1. The van der Waals surface area contributed by atoms with Gasteiger partial charge in [-0.05, 0) is 12.0 Å². The number of hydrogen-bond donors (Lipinski definition) is 2. The molecule has 0 bridgehead atoms. The standard InChI is InChI=1S/C11H16NO6P/c1-12(9-11(13)18-19(14,15)16)17-8-7-10-5-3-2-4-6-10/h2-6H,7-9H2,1H3,(H2,14,15,16). The lowest BCUT2D eigenvalue weighted by Gasteiger charge is -2.15. The van der Waals surface area contributed by atoms with Gasteiger partial charge in [-0.15, -0.1) is 0 Å². The van der Waals surface area contributed by atoms with Crippen molar-refractivity contribution in [3.63, 3.8) is 0 Å². The number of hydroxylamine groups is 2. The number of benzene rings is 1. The van der Waals surface area contributed by atoms with Crippen LogP contribution in [0.2, 0.25) is 0 Å². The third-order valence-corrected chi connectivity index (χ3v) is 2.56. The fourth-order valence-corrected chi connectivity index (χ4v) is 1.68. The Kier molecular flexibility index (Phi) is 6.14. The van der Waals surface area contributed by atoms with Gasteiger partial charge in [0.15, 0.2) is 0 Å². The first-order chi connectivity index (χ1) is 8.87. The van der Waals surface area contributed by atoms with Crippen molar-refractivity contribution in [1.82, 2.24) is 5.06 Å². The summed E-state index contributed by atoms with van der Waals surface area (Å²) in [4.78, 5) is 33.1. The molecule has 1 aromatic carbocycles. The molecule has 0 radical (unpaired) electrons. The van der Waals surface area contributed by atoms with Crippen LogP contribution in [0.25, 0.3) is 0 Å². The van der Waals surface area contributed by atoms with E-state index in [0.29, 0.717) is 13.0 Å². The van der Waals surface area contributed by atoms with Crippen LogP contribution in [-0.4, -0.2) is 41.0 Å². The lowest BCUT2D eigenvalue weighted by atomic mass is 10.2. The van der Waals surface area contributed by atoms with E-state index in [4.69, 9.17) is 14.6 Å². The Morgan fingerprint density at radius 2 is 1.95 bits per heavy atom. The number of hydrogen-bond acceptors (Lipinski definition) is 5. The summed E-state index contributed by atoms with van der Waals surface area (Å²) in [6.45, 7) is -0.0103. The molecule has 0 saturated carbocycles. The second-order valence-corrected chi connectivity index (χ2v) is 4.97. The maximum atomic E-state index is 11.1. The number of carbonyl (C=O) groups is 1. The van der Waals surface area contributed by atoms with Crippen molar-refractivity contribution < 1.29 is 28.5 Å². The SMILES string of the molecule is CN(CC(=O)OP(=O)(O)O)OCCc1ccccc1. The van der Waals surface area contributed by atoms with E-state index in [0.717, 1.165) is 5.56 Å². The summed E-state index contributed by atoms with van der Waals surface area (Å²) in [6, 6.07) is 9.64. The van der Waals surface area contributed by atoms with Gasteiger partial charge in [-0.2, -0.15) is 5.06 Å². The summed E-state index contributed by atoms with van der Waals surface area (Å²) in [5, 5.41) is 1.17. The molecule has 0 aliphatic carbocycles. The van der Waals surface area contributed by atoms with E-state index in [1.54, 1.807) is 0 Å². The van der Waals surface area contributed by atoms with Gasteiger partial charge in [0, 0.05) is 7.05 Å². The molecule has 2 N–H and O–H groups in total. The first-order valence-electron chi connectivity index (χ1n) is 5.53. The zero-order valence-corrected chi connectivity index (χ0v) is 11.3. The van der Waals surface area contributed by atoms with Gasteiger partial charge < -0.3 is 4.52 Å². The van der Waals surface area contributed by atoms with E-state index in [2.05, 4.69) is 4.52 Å². The predicted molar refractivity (Wildman–Crippen MR) is 66.9 cm³/mol. The molecule has 1 rings (SSSR count). The molecule has 1 aromatic rings. The number of rotatable bonds is 7. The maximum Gasteiger partial charge on any atom is 0.527 e. The minimum Gasteiger partial charge on any atom is -0.370 e. The highest BCUT2D eigenvalue weighted by Crippen LogP contribution is 2.35. The van der Waals surface area contributed by atoms with Crippen LogP contribution in [0.4, 0.5) is 0 Å². The molecule has 19 heavy (non-hydrogen) atoms. The van der Waals surface area contributed by atoms with Crippen LogP contribution in [0.15, 0.2) is 30.3 Å². The van der Waals surface area contributed by atoms with E-state index in [1.165, 1.54) is 12.1 Å². The average Bonchev–Trinajstić information content (AvgIpc) is 2.27. The van der Waals surface area contributed by atoms with Crippen molar-refractivity contribution in [3.05, 3.63) is 35.9 Å². The Morgan fingerprint density at radius 3 is 2.53 bits per heavy atom. The van der Waals surface area contributed by atoms with Crippen LogP contribution in [0.5, 0.6) is 0 Å². The van der Waals surface area contributed by atoms with E-state index in [1.807, 2.05) is 30.3 Å². The molecule has 8 heteroatoms. The number of phosphoric ester groups is 1. The normalized spacial score (nSPS) is 11.6. The molecule has 0 aliphatic heterocycles. The Labute approximate surface area is 110 Å². The molecule has 0 aliphatic rings. The van der Waals surface area contributed by atoms with Gasteiger partial charge in [-0.1, -0.05) is 30.3 Å². The molecule has 0 amide bonds. The van der Waals surface area contributed by atoms with E-state index < -0.39 is 13.8 Å². The fraction of sp³-hybridized carbons (Fsp3) is 0.364. The summed E-state index contributed by atoms with van der Waals surface area (Å²) in [5.74, 6) is -1.05. The lowest BCUT2D eigenvalue weighted by Crippen LogP contribution is -2.28. The summed E-state index contributed by atoms with van der Waals surface area (Å²) in [7, 11) is -3.31. The van der Waals surface area contributed by atoms with Gasteiger partial charge in [-0.3, -0.25) is 19.4 Å². The van der Waals surface area contributed by atoms with Crippen LogP contribution in [0.3, 0.4) is 0 Å². The molecule has 0 saturated heterocycles. The van der Waals surface area contributed by atoms with Crippen LogP contribution < -0.4 is 0 Å². The first kappa shape index (κ1) is 15.8. The second-order valence-electron chi connectivity index (χ2n) is 3.81. The number of likely N-dealkylation sites (N-methyl/N-ethyl adjacent to an activating group) is 1. The molecule has 0 aromatic heterocycles. The third-order valence-electron chi connectivity index (χ3n) is 2.12. The highest BCUT2D eigenvalue weighted by Gasteiger charge is 2.21. The lowest BCUT2D eigenvalue weighted by molar-refractivity contribution is -0.164. The van der Waals surface area contributed by atoms with Gasteiger partial charge in [-0.25, -0.2) is 4.57 Å². The average molecular weight is 289 g/mol. The largest absolute Gasteiger partial charge is 0.527 e. The fourth-order valence-electron chi connectivity index (χ4n) is 1.35. The molecule has 106 valence electrons. The predicted octanol–water partition coefficient (Wildman–Crippen LogP) is 0.728. The minimum absolute atomic E-state index is 0.351. The van der Waals surface area contributed by atoms with Gasteiger partial charge in [0.05, 0.1) is 6.61 Å². The molecule has 0 fully saturated rings. The van der Waals surface area contributed by atoms with E-state index in [9.17, 15) is 9.36 Å². The van der Waals surface area contributed by atoms with Crippen LogP contribution >= 0.6 is 7.82 Å². The third kappa shape index (κ3) is 7.71. The van der Waals surface area contributed by atoms with Crippen LogP contribution in [0.1, 0.15) is 5.56 Å². The van der Waals surface area contributed by atoms with E-state index >= 15 is 0 Å². The smallest absolute Gasteiger partial charge is 0.370 e. The molecular weight excluding hydrogens is 273 g/mol. The quantitative estimate of drug-likeness (QED) is 0.564. The summed E-state index contributed by atoms with van der Waals surface area (Å²) < 4.78 is 14.3. The van der Waals surface area contributed by atoms with Crippen molar-refractivity contribution in [2.45, 2.75) is 6.42 Å². The first-order valence-corrected chi connectivity index (χ1v) is 7.06. The van der Waals surface area contributed by atoms with Gasteiger partial charge >= 0.3 is 13.8 Å². The molecule has 0 atom stereocenters. The molecule has 7 nitrogen and oxygen atoms in total. The number of carbonyl (C=O) groups excluding carboxylic acids is 1. The summed E-state index contributed by atoms with van der Waals surface area (Å²) >= 11 is 0. The van der Waals surface area contributed by atoms with Crippen molar-refractivity contribution in [3.8, 4) is 0 Å². The van der Waals surface area contributed by atoms with Crippen molar-refractivity contribution in [2.75, 3.05) is 20.2 Å². The number of nitrogens with zero attached hydrogens (tertiary/aromatic N) is 1. The Bertz CT molecular complexity index is 446. The zero-order valence-electron chi connectivity index (χ0n) is 10.4. The highest BCUT2D eigenvalue weighted by molar-refractivity contribution is 7.46. The van der Waals surface area contributed by atoms with Gasteiger partial charge in [0.1, 0.15) is 6.54 Å². The molecule has 0 heterocycles. The van der Waals surface area contributed by atoms with Crippen LogP contribution in [0, 0.1) is 0 Å². The van der Waals surface area contributed by atoms with Crippen molar-refractivity contribution >= 4 is 13.8 Å². The van der Waals surface area contributed by atoms with Gasteiger partial charge in [0.25, 0.3) is 0 Å². The molecule has 0 unspecified atom stereocenters. The Morgan fingerprint density at radius 1 is 1.32 bits per heavy atom. The second kappa shape index (κ2) is 7.37. The monoisotopic (exact) mass is 289 g/mol. The van der Waals surface area contributed by atoms with Crippen LogP contribution in [-0.2, 0) is 25.1 Å². The van der Waals surface area contributed by atoms with Crippen molar-refractivity contribution in [1.29, 1.82) is 0 Å². The zero-order chi connectivity index (χ0) is 14.3. The van der Waals surface area contributed by atoms with Gasteiger partial charge in [0.2, 0.25) is 0 Å². The molecule has 0 spiro atoms. The molecular formula is C11H16NO6P. The summed E-state index contributed by atoms with van der Waals surface area (Å²) in [6.07, 6.45) is 0.665. The topological polar surface area (TPSA) is 96.3 Å². The maximum absolute atomic E-state index is 11.1. The highest BCUT2D eigenvalue weighted by atomic mass is 31.2. The van der Waals surface area contributed by atoms with E-state index in [-0.39, 0.29) is 6.54 Å².